The van der Waals surface area contributed by atoms with Gasteiger partial charge < -0.3 is 19.7 Å². The van der Waals surface area contributed by atoms with E-state index >= 15 is 0 Å². The van der Waals surface area contributed by atoms with Crippen molar-refractivity contribution in [3.05, 3.63) is 70.1 Å². The summed E-state index contributed by atoms with van der Waals surface area (Å²) in [6.07, 6.45) is 4.25. The molecule has 10 heteroatoms. The summed E-state index contributed by atoms with van der Waals surface area (Å²) in [4.78, 5) is 12.0. The Kier molecular flexibility index (Phi) is 10.5. The topological polar surface area (TPSA) is 62.8 Å². The molecule has 0 amide bonds. The normalized spacial score (nSPS) is 22.3. The fourth-order valence-corrected chi connectivity index (χ4v) is 8.00. The van der Waals surface area contributed by atoms with Gasteiger partial charge in [-0.1, -0.05) is 12.1 Å². The minimum Gasteiger partial charge on any atom is -0.373 e. The molecule has 1 spiro atoms. The third-order valence-corrected chi connectivity index (χ3v) is 10.9. The third kappa shape index (κ3) is 7.74. The molecule has 3 aliphatic heterocycles. The van der Waals surface area contributed by atoms with E-state index in [-0.39, 0.29) is 11.0 Å². The van der Waals surface area contributed by atoms with Crippen LogP contribution in [-0.2, 0) is 13.1 Å². The summed E-state index contributed by atoms with van der Waals surface area (Å²) in [6, 6.07) is 9.00. The van der Waals surface area contributed by atoms with Crippen LogP contribution in [0.15, 0.2) is 58.3 Å². The zero-order valence-corrected chi connectivity index (χ0v) is 28.8. The van der Waals surface area contributed by atoms with Crippen LogP contribution in [0.5, 0.6) is 0 Å². The number of nitriles is 1. The number of hydrogen-bond acceptors (Lipinski definition) is 6. The largest absolute Gasteiger partial charge is 0.393 e. The first-order valence-electron chi connectivity index (χ1n) is 17.7. The number of rotatable bonds is 10. The van der Waals surface area contributed by atoms with Gasteiger partial charge in [0.15, 0.2) is 0 Å². The van der Waals surface area contributed by atoms with E-state index in [0.717, 1.165) is 126 Å². The number of piperazine rings is 1. The van der Waals surface area contributed by atoms with Crippen molar-refractivity contribution in [3.8, 4) is 6.07 Å². The first kappa shape index (κ1) is 34.5. The molecule has 0 saturated carbocycles. The number of halogens is 3. The number of aromatic nitrogens is 1. The summed E-state index contributed by atoms with van der Waals surface area (Å²) < 4.78 is 41.6. The maximum absolute atomic E-state index is 13.1. The first-order valence-corrected chi connectivity index (χ1v) is 17.7. The Hall–Kier alpha value is -3.39. The quantitative estimate of drug-likeness (QED) is 0.292. The van der Waals surface area contributed by atoms with Gasteiger partial charge in [0, 0.05) is 86.5 Å². The van der Waals surface area contributed by atoms with Gasteiger partial charge in [-0.15, -0.1) is 0 Å². The molecule has 3 fully saturated rings. The van der Waals surface area contributed by atoms with Crippen LogP contribution in [0.2, 0.25) is 0 Å². The van der Waals surface area contributed by atoms with Crippen molar-refractivity contribution in [2.24, 2.45) is 10.4 Å². The van der Waals surface area contributed by atoms with Crippen molar-refractivity contribution in [2.45, 2.75) is 72.1 Å². The van der Waals surface area contributed by atoms with Crippen LogP contribution in [0.4, 0.5) is 13.2 Å². The van der Waals surface area contributed by atoms with Crippen LogP contribution >= 0.6 is 0 Å². The molecule has 258 valence electrons. The van der Waals surface area contributed by atoms with Crippen molar-refractivity contribution in [1.82, 2.24) is 24.6 Å². The molecule has 48 heavy (non-hydrogen) atoms. The molecule has 0 bridgehead atoms. The molecule has 1 aliphatic carbocycles. The molecular weight excluding hydrogens is 611 g/mol. The second kappa shape index (κ2) is 14.6. The highest BCUT2D eigenvalue weighted by Crippen LogP contribution is 2.43. The van der Waals surface area contributed by atoms with Crippen molar-refractivity contribution in [2.75, 3.05) is 65.4 Å². The van der Waals surface area contributed by atoms with Crippen molar-refractivity contribution in [1.29, 1.82) is 5.26 Å². The molecule has 0 atom stereocenters. The Balaban J connectivity index is 1.05. The van der Waals surface area contributed by atoms with E-state index in [1.165, 1.54) is 16.5 Å². The zero-order valence-electron chi connectivity index (χ0n) is 28.8. The molecule has 1 aromatic carbocycles. The van der Waals surface area contributed by atoms with Gasteiger partial charge in [-0.05, 0) is 107 Å². The summed E-state index contributed by atoms with van der Waals surface area (Å²) in [5, 5.41) is 14.5. The highest BCUT2D eigenvalue weighted by molar-refractivity contribution is 6.12. The Morgan fingerprint density at radius 2 is 1.75 bits per heavy atom. The fraction of sp³-hybridized carbons (Fsp3) is 0.579. The molecule has 4 heterocycles. The SMILES string of the molecule is CC/N=C1/C=CC(CC(F)(F)F)=C/C1=C(/C)N1CC2(CCN(Cc3ccc4c(cc(C#N)n4CCCCN4CCNCC4)c3C)CC2)C1. The average molecular weight is 662 g/mol. The Morgan fingerprint density at radius 3 is 2.44 bits per heavy atom. The number of likely N-dealkylation sites (tertiary alicyclic amines) is 2. The number of fused-ring (bicyclic) bond motifs is 1. The second-order valence-corrected chi connectivity index (χ2v) is 14.2. The Labute approximate surface area is 283 Å². The number of unbranched alkanes of at least 4 members (excludes halogenated alkanes) is 1. The lowest BCUT2D eigenvalue weighted by molar-refractivity contribution is -0.126. The molecule has 4 aliphatic rings. The lowest BCUT2D eigenvalue weighted by atomic mass is 9.71. The predicted molar refractivity (Wildman–Crippen MR) is 187 cm³/mol. The Bertz CT molecular complexity index is 1630. The maximum Gasteiger partial charge on any atom is 0.393 e. The van der Waals surface area contributed by atoms with Crippen LogP contribution in [0.3, 0.4) is 0 Å². The molecular formula is C38H50F3N7. The molecule has 0 unspecified atom stereocenters. The van der Waals surface area contributed by atoms with Crippen LogP contribution in [-0.4, -0.2) is 96.6 Å². The van der Waals surface area contributed by atoms with E-state index in [1.807, 2.05) is 13.8 Å². The second-order valence-electron chi connectivity index (χ2n) is 14.2. The molecule has 1 aromatic heterocycles. The number of benzene rings is 1. The van der Waals surface area contributed by atoms with Gasteiger partial charge in [-0.3, -0.25) is 9.89 Å². The van der Waals surface area contributed by atoms with Crippen LogP contribution < -0.4 is 5.32 Å². The number of alkyl halides is 3. The van der Waals surface area contributed by atoms with E-state index in [0.29, 0.717) is 6.54 Å². The van der Waals surface area contributed by atoms with Crippen LogP contribution in [0.1, 0.15) is 62.8 Å². The first-order chi connectivity index (χ1) is 23.1. The van der Waals surface area contributed by atoms with Gasteiger partial charge in [0.2, 0.25) is 0 Å². The summed E-state index contributed by atoms with van der Waals surface area (Å²) in [6.45, 7) is 18.0. The van der Waals surface area contributed by atoms with Crippen molar-refractivity contribution >= 4 is 16.6 Å². The van der Waals surface area contributed by atoms with E-state index < -0.39 is 12.6 Å². The van der Waals surface area contributed by atoms with Crippen LogP contribution in [0, 0.1) is 23.7 Å². The molecule has 6 rings (SSSR count). The monoisotopic (exact) mass is 661 g/mol. The van der Waals surface area contributed by atoms with Crippen LogP contribution in [0.25, 0.3) is 10.9 Å². The summed E-state index contributed by atoms with van der Waals surface area (Å²) in [7, 11) is 0. The number of aryl methyl sites for hydroxylation is 2. The zero-order chi connectivity index (χ0) is 33.9. The highest BCUT2D eigenvalue weighted by Gasteiger charge is 2.45. The molecule has 3 saturated heterocycles. The van der Waals surface area contributed by atoms with Gasteiger partial charge in [-0.25, -0.2) is 0 Å². The minimum atomic E-state index is -4.23. The Morgan fingerprint density at radius 1 is 1.02 bits per heavy atom. The number of nitrogens with one attached hydrogen (secondary N) is 1. The maximum atomic E-state index is 13.1. The van der Waals surface area contributed by atoms with E-state index in [2.05, 4.69) is 60.8 Å². The standard InChI is InChI=1S/C38H50F3N7/c1-4-44-35-9-7-30(23-38(39,40)41)21-34(35)29(3)47-26-37(27-47)11-17-46(18-12-37)25-31-8-10-36-33(28(31)2)22-32(24-42)48(36)16-6-5-15-45-19-13-43-14-20-45/h7-10,21-22,43H,4-6,11-20,23,25-27H2,1-3H3/b34-29+,44-35-. The van der Waals surface area contributed by atoms with Gasteiger partial charge in [0.1, 0.15) is 11.8 Å². The van der Waals surface area contributed by atoms with Crippen molar-refractivity contribution in [3.63, 3.8) is 0 Å². The molecule has 0 radical (unpaired) electrons. The lowest BCUT2D eigenvalue weighted by Gasteiger charge is -2.55. The number of nitrogens with zero attached hydrogens (tertiary/aromatic N) is 6. The van der Waals surface area contributed by atoms with Gasteiger partial charge in [0.25, 0.3) is 0 Å². The fourth-order valence-electron chi connectivity index (χ4n) is 8.00. The van der Waals surface area contributed by atoms with E-state index in [4.69, 9.17) is 0 Å². The third-order valence-electron chi connectivity index (χ3n) is 10.9. The van der Waals surface area contributed by atoms with E-state index in [1.54, 1.807) is 18.2 Å². The number of hydrogen-bond donors (Lipinski definition) is 1. The lowest BCUT2D eigenvalue weighted by Crippen LogP contribution is -2.59. The number of aliphatic imine (C=N–C) groups is 1. The van der Waals surface area contributed by atoms with Crippen molar-refractivity contribution < 1.29 is 13.2 Å². The molecule has 7 nitrogen and oxygen atoms in total. The van der Waals surface area contributed by atoms with E-state index in [9.17, 15) is 18.4 Å². The molecule has 2 aromatic rings. The molecule has 1 N–H and O–H groups in total. The number of allylic oxidation sites excluding steroid dienone is 6. The summed E-state index contributed by atoms with van der Waals surface area (Å²) >= 11 is 0. The predicted octanol–water partition coefficient (Wildman–Crippen LogP) is 6.59. The smallest absolute Gasteiger partial charge is 0.373 e. The highest BCUT2D eigenvalue weighted by atomic mass is 19.4. The number of piperidine rings is 1. The summed E-state index contributed by atoms with van der Waals surface area (Å²) in [5.74, 6) is 0. The van der Waals surface area contributed by atoms with Gasteiger partial charge >= 0.3 is 6.18 Å². The average Bonchev–Trinajstić information content (AvgIpc) is 3.42. The summed E-state index contributed by atoms with van der Waals surface area (Å²) in [5.41, 5.74) is 7.65. The minimum absolute atomic E-state index is 0.256. The van der Waals surface area contributed by atoms with Gasteiger partial charge in [-0.2, -0.15) is 18.4 Å². The van der Waals surface area contributed by atoms with Gasteiger partial charge in [0.05, 0.1) is 12.1 Å².